The van der Waals surface area contributed by atoms with Gasteiger partial charge in [0.25, 0.3) is 0 Å². The molecule has 2 nitrogen and oxygen atoms in total. The number of fused-ring (bicyclic) bond motifs is 1. The van der Waals surface area contributed by atoms with Crippen LogP contribution in [-0.2, 0) is 11.2 Å². The second kappa shape index (κ2) is 3.71. The Morgan fingerprint density at radius 1 is 1.29 bits per heavy atom. The molecule has 1 atom stereocenters. The van der Waals surface area contributed by atoms with Crippen molar-refractivity contribution in [1.82, 2.24) is 0 Å². The topological polar surface area (TPSA) is 35.2 Å². The lowest BCUT2D eigenvalue weighted by Crippen LogP contribution is -2.17. The van der Waals surface area contributed by atoms with E-state index in [1.165, 1.54) is 22.3 Å². The summed E-state index contributed by atoms with van der Waals surface area (Å²) in [6, 6.07) is 4.37. The molecule has 0 fully saturated rings. The normalized spacial score (nSPS) is 21.5. The molecule has 14 heavy (non-hydrogen) atoms. The summed E-state index contributed by atoms with van der Waals surface area (Å²) in [4.78, 5) is 0. The van der Waals surface area contributed by atoms with Crippen LogP contribution >= 0.6 is 0 Å². The molecule has 2 rings (SSSR count). The maximum atomic E-state index is 6.09. The van der Waals surface area contributed by atoms with Gasteiger partial charge >= 0.3 is 0 Å². The first-order chi connectivity index (χ1) is 6.70. The number of benzene rings is 1. The van der Waals surface area contributed by atoms with Crippen LogP contribution in [0.5, 0.6) is 0 Å². The summed E-state index contributed by atoms with van der Waals surface area (Å²) in [5.41, 5.74) is 11.4. The Bertz CT molecular complexity index is 346. The van der Waals surface area contributed by atoms with Crippen LogP contribution in [0, 0.1) is 13.8 Å². The van der Waals surface area contributed by atoms with Crippen LogP contribution in [0.2, 0.25) is 0 Å². The monoisotopic (exact) mass is 191 g/mol. The average molecular weight is 191 g/mol. The van der Waals surface area contributed by atoms with Crippen LogP contribution < -0.4 is 5.73 Å². The molecule has 1 aliphatic heterocycles. The number of hydrogen-bond acceptors (Lipinski definition) is 2. The lowest BCUT2D eigenvalue weighted by molar-refractivity contribution is 0.131. The molecule has 2 N–H and O–H groups in total. The maximum absolute atomic E-state index is 6.09. The molecule has 0 bridgehead atoms. The summed E-state index contributed by atoms with van der Waals surface area (Å²) in [5.74, 6) is 0. The molecule has 0 aromatic heterocycles. The van der Waals surface area contributed by atoms with Crippen molar-refractivity contribution in [3.8, 4) is 0 Å². The molecular weight excluding hydrogens is 174 g/mol. The standard InChI is InChI=1S/C12H17NO/c1-8-3-4-9(2)12-10(8)5-6-14-7-11(12)13/h3-4,11H,5-7,13H2,1-2H3. The van der Waals surface area contributed by atoms with E-state index in [-0.39, 0.29) is 6.04 Å². The molecule has 0 saturated heterocycles. The molecule has 1 aliphatic rings. The first kappa shape index (κ1) is 9.69. The van der Waals surface area contributed by atoms with E-state index in [9.17, 15) is 0 Å². The van der Waals surface area contributed by atoms with Crippen molar-refractivity contribution < 1.29 is 4.74 Å². The predicted octanol–water partition coefficient (Wildman–Crippen LogP) is 1.88. The summed E-state index contributed by atoms with van der Waals surface area (Å²) in [6.07, 6.45) is 0.997. The Labute approximate surface area is 85.1 Å². The Morgan fingerprint density at radius 2 is 2.00 bits per heavy atom. The quantitative estimate of drug-likeness (QED) is 0.679. The van der Waals surface area contributed by atoms with E-state index in [4.69, 9.17) is 10.5 Å². The molecule has 1 aromatic carbocycles. The van der Waals surface area contributed by atoms with Gasteiger partial charge in [-0.15, -0.1) is 0 Å². The van der Waals surface area contributed by atoms with Crippen LogP contribution in [0.3, 0.4) is 0 Å². The second-order valence-corrected chi connectivity index (χ2v) is 4.02. The van der Waals surface area contributed by atoms with Gasteiger partial charge in [0.05, 0.1) is 19.3 Å². The number of ether oxygens (including phenoxy) is 1. The van der Waals surface area contributed by atoms with Gasteiger partial charge in [0.15, 0.2) is 0 Å². The summed E-state index contributed by atoms with van der Waals surface area (Å²) >= 11 is 0. The minimum atomic E-state index is 0.0485. The third-order valence-electron chi connectivity index (χ3n) is 2.97. The Kier molecular flexibility index (Phi) is 2.57. The Morgan fingerprint density at radius 3 is 2.79 bits per heavy atom. The highest BCUT2D eigenvalue weighted by atomic mass is 16.5. The van der Waals surface area contributed by atoms with Crippen molar-refractivity contribution in [2.75, 3.05) is 13.2 Å². The van der Waals surface area contributed by atoms with Crippen LogP contribution in [-0.4, -0.2) is 13.2 Å². The molecule has 2 heteroatoms. The van der Waals surface area contributed by atoms with Crippen molar-refractivity contribution in [3.63, 3.8) is 0 Å². The lowest BCUT2D eigenvalue weighted by Gasteiger charge is -2.16. The van der Waals surface area contributed by atoms with Gasteiger partial charge in [-0.1, -0.05) is 12.1 Å². The van der Waals surface area contributed by atoms with Gasteiger partial charge in [-0.3, -0.25) is 0 Å². The largest absolute Gasteiger partial charge is 0.379 e. The van der Waals surface area contributed by atoms with Gasteiger partial charge in [0.2, 0.25) is 0 Å². The zero-order valence-electron chi connectivity index (χ0n) is 8.84. The Balaban J connectivity index is 2.57. The highest BCUT2D eigenvalue weighted by Crippen LogP contribution is 2.26. The van der Waals surface area contributed by atoms with Gasteiger partial charge in [-0.2, -0.15) is 0 Å². The molecule has 0 spiro atoms. The van der Waals surface area contributed by atoms with E-state index < -0.39 is 0 Å². The van der Waals surface area contributed by atoms with Crippen LogP contribution in [0.4, 0.5) is 0 Å². The summed E-state index contributed by atoms with van der Waals surface area (Å²) in [7, 11) is 0. The van der Waals surface area contributed by atoms with E-state index in [0.29, 0.717) is 6.61 Å². The smallest absolute Gasteiger partial charge is 0.0659 e. The van der Waals surface area contributed by atoms with Gasteiger partial charge in [0, 0.05) is 0 Å². The maximum Gasteiger partial charge on any atom is 0.0659 e. The fourth-order valence-corrected chi connectivity index (χ4v) is 2.21. The van der Waals surface area contributed by atoms with Gasteiger partial charge in [-0.25, -0.2) is 0 Å². The summed E-state index contributed by atoms with van der Waals surface area (Å²) in [5, 5.41) is 0. The zero-order chi connectivity index (χ0) is 10.1. The first-order valence-electron chi connectivity index (χ1n) is 5.12. The molecular formula is C12H17NO. The van der Waals surface area contributed by atoms with Crippen molar-refractivity contribution >= 4 is 0 Å². The minimum absolute atomic E-state index is 0.0485. The molecule has 0 radical (unpaired) electrons. The zero-order valence-corrected chi connectivity index (χ0v) is 8.84. The molecule has 1 heterocycles. The summed E-state index contributed by atoms with van der Waals surface area (Å²) < 4.78 is 5.47. The fourth-order valence-electron chi connectivity index (χ4n) is 2.21. The van der Waals surface area contributed by atoms with Crippen molar-refractivity contribution in [2.24, 2.45) is 5.73 Å². The first-order valence-corrected chi connectivity index (χ1v) is 5.12. The van der Waals surface area contributed by atoms with Crippen molar-refractivity contribution in [1.29, 1.82) is 0 Å². The number of nitrogens with two attached hydrogens (primary N) is 1. The van der Waals surface area contributed by atoms with E-state index in [1.807, 2.05) is 0 Å². The number of aryl methyl sites for hydroxylation is 2. The number of rotatable bonds is 0. The molecule has 0 aliphatic carbocycles. The van der Waals surface area contributed by atoms with E-state index in [0.717, 1.165) is 13.0 Å². The highest BCUT2D eigenvalue weighted by molar-refractivity contribution is 5.42. The fraction of sp³-hybridized carbons (Fsp3) is 0.500. The third-order valence-corrected chi connectivity index (χ3v) is 2.97. The minimum Gasteiger partial charge on any atom is -0.379 e. The molecule has 0 saturated carbocycles. The number of hydrogen-bond donors (Lipinski definition) is 1. The van der Waals surface area contributed by atoms with Crippen molar-refractivity contribution in [3.05, 3.63) is 34.4 Å². The van der Waals surface area contributed by atoms with Crippen molar-refractivity contribution in [2.45, 2.75) is 26.3 Å². The van der Waals surface area contributed by atoms with Gasteiger partial charge < -0.3 is 10.5 Å². The van der Waals surface area contributed by atoms with E-state index in [1.54, 1.807) is 0 Å². The van der Waals surface area contributed by atoms with Crippen LogP contribution in [0.25, 0.3) is 0 Å². The van der Waals surface area contributed by atoms with E-state index >= 15 is 0 Å². The van der Waals surface area contributed by atoms with Gasteiger partial charge in [0.1, 0.15) is 0 Å². The molecule has 76 valence electrons. The summed E-state index contributed by atoms with van der Waals surface area (Å²) in [6.45, 7) is 5.72. The predicted molar refractivity (Wildman–Crippen MR) is 57.4 cm³/mol. The lowest BCUT2D eigenvalue weighted by atomic mass is 9.92. The van der Waals surface area contributed by atoms with Crippen LogP contribution in [0.1, 0.15) is 28.3 Å². The van der Waals surface area contributed by atoms with Gasteiger partial charge in [-0.05, 0) is 42.5 Å². The third kappa shape index (κ3) is 1.56. The molecule has 1 aromatic rings. The SMILES string of the molecule is Cc1ccc(C)c2c1CCOCC2N. The van der Waals surface area contributed by atoms with E-state index in [2.05, 4.69) is 26.0 Å². The van der Waals surface area contributed by atoms with Crippen LogP contribution in [0.15, 0.2) is 12.1 Å². The molecule has 0 amide bonds. The molecule has 1 unspecified atom stereocenters. The average Bonchev–Trinajstić information content (AvgIpc) is 2.35. The second-order valence-electron chi connectivity index (χ2n) is 4.02. The highest BCUT2D eigenvalue weighted by Gasteiger charge is 2.18. The Hall–Kier alpha value is -0.860.